The van der Waals surface area contributed by atoms with Crippen LogP contribution < -0.4 is 4.72 Å². The van der Waals surface area contributed by atoms with Crippen LogP contribution in [-0.4, -0.2) is 36.1 Å². The van der Waals surface area contributed by atoms with Gasteiger partial charge in [0.15, 0.2) is 0 Å². The fourth-order valence-electron chi connectivity index (χ4n) is 6.21. The van der Waals surface area contributed by atoms with Gasteiger partial charge in [-0.25, -0.2) is 12.8 Å². The topological polar surface area (TPSA) is 75.7 Å². The maximum Gasteiger partial charge on any atom is 0.253 e. The van der Waals surface area contributed by atoms with Gasteiger partial charge in [0.1, 0.15) is 18.0 Å². The van der Waals surface area contributed by atoms with Gasteiger partial charge in [-0.15, -0.1) is 0 Å². The molecule has 1 heterocycles. The fourth-order valence-corrected chi connectivity index (χ4v) is 8.26. The minimum Gasteiger partial charge on any atom is -0.357 e. The van der Waals surface area contributed by atoms with Gasteiger partial charge in [-0.3, -0.25) is 9.52 Å². The number of morpholine rings is 1. The van der Waals surface area contributed by atoms with E-state index in [1.54, 1.807) is 24.3 Å². The molecule has 0 bridgehead atoms. The number of carbonyl (C=O) groups excluding carboxylic acids is 1. The molecule has 10 heteroatoms. The standard InChI is InChI=1S/C34H37Cl2FN2O4S/c1-4-9-22(3)31-33(40)39(27(5-2)21-34(18-19-34)44(41,42)38-29-13-7-6-12-28(29)37)30(23-14-16-25(35)17-15-23)32(43-31)24-10-8-11-26(36)20-24/h4,6-17,20,22,27,30-32,38H,5,18-19,21H2,1-3H3/b9-4+/t22-,27+,30-,31-,32-/m1/s1. The molecule has 44 heavy (non-hydrogen) atoms. The molecule has 6 nitrogen and oxygen atoms in total. The molecule has 0 unspecified atom stereocenters. The number of halogens is 3. The molecule has 5 rings (SSSR count). The Morgan fingerprint density at radius 2 is 1.75 bits per heavy atom. The van der Waals surface area contributed by atoms with Crippen LogP contribution in [0.25, 0.3) is 0 Å². The van der Waals surface area contributed by atoms with Crippen LogP contribution in [0.3, 0.4) is 0 Å². The summed E-state index contributed by atoms with van der Waals surface area (Å²) in [5, 5.41) is 1.09. The smallest absolute Gasteiger partial charge is 0.253 e. The summed E-state index contributed by atoms with van der Waals surface area (Å²) in [5.41, 5.74) is 1.52. The zero-order valence-electron chi connectivity index (χ0n) is 24.9. The van der Waals surface area contributed by atoms with Crippen molar-refractivity contribution < 1.29 is 22.3 Å². The van der Waals surface area contributed by atoms with Crippen LogP contribution in [-0.2, 0) is 19.6 Å². The summed E-state index contributed by atoms with van der Waals surface area (Å²) in [6.45, 7) is 5.79. The minimum atomic E-state index is -3.99. The number of carbonyl (C=O) groups is 1. The lowest BCUT2D eigenvalue weighted by Crippen LogP contribution is -2.57. The van der Waals surface area contributed by atoms with E-state index in [0.717, 1.165) is 11.1 Å². The van der Waals surface area contributed by atoms with E-state index in [9.17, 15) is 17.6 Å². The number of anilines is 1. The Bertz CT molecular complexity index is 1630. The predicted molar refractivity (Wildman–Crippen MR) is 174 cm³/mol. The van der Waals surface area contributed by atoms with E-state index < -0.39 is 44.9 Å². The molecule has 1 amide bonds. The van der Waals surface area contributed by atoms with Gasteiger partial charge in [-0.1, -0.05) is 85.6 Å². The lowest BCUT2D eigenvalue weighted by Gasteiger charge is -2.49. The lowest BCUT2D eigenvalue weighted by atomic mass is 9.87. The van der Waals surface area contributed by atoms with Gasteiger partial charge in [0, 0.05) is 22.0 Å². The zero-order valence-corrected chi connectivity index (χ0v) is 27.2. The van der Waals surface area contributed by atoms with Gasteiger partial charge in [0.05, 0.1) is 16.5 Å². The number of benzene rings is 3. The van der Waals surface area contributed by atoms with E-state index in [-0.39, 0.29) is 23.9 Å². The van der Waals surface area contributed by atoms with Crippen molar-refractivity contribution in [2.24, 2.45) is 5.92 Å². The van der Waals surface area contributed by atoms with Crippen LogP contribution in [0.15, 0.2) is 84.9 Å². The summed E-state index contributed by atoms with van der Waals surface area (Å²) in [4.78, 5) is 16.4. The summed E-state index contributed by atoms with van der Waals surface area (Å²) < 4.78 is 50.0. The number of ether oxygens (including phenoxy) is 1. The lowest BCUT2D eigenvalue weighted by molar-refractivity contribution is -0.184. The zero-order chi connectivity index (χ0) is 31.6. The third-order valence-corrected chi connectivity index (χ3v) is 11.4. The number of nitrogens with zero attached hydrogens (tertiary/aromatic N) is 1. The molecule has 234 valence electrons. The van der Waals surface area contributed by atoms with Gasteiger partial charge >= 0.3 is 0 Å². The van der Waals surface area contributed by atoms with Crippen LogP contribution >= 0.6 is 23.2 Å². The first-order valence-electron chi connectivity index (χ1n) is 14.9. The summed E-state index contributed by atoms with van der Waals surface area (Å²) >= 11 is 12.7. The van der Waals surface area contributed by atoms with Gasteiger partial charge in [0.2, 0.25) is 10.0 Å². The molecular weight excluding hydrogens is 622 g/mol. The summed E-state index contributed by atoms with van der Waals surface area (Å²) in [6, 6.07) is 19.4. The Morgan fingerprint density at radius 1 is 1.05 bits per heavy atom. The molecule has 1 aliphatic carbocycles. The van der Waals surface area contributed by atoms with Crippen molar-refractivity contribution in [3.63, 3.8) is 0 Å². The molecule has 1 N–H and O–H groups in total. The van der Waals surface area contributed by atoms with Crippen molar-refractivity contribution in [1.82, 2.24) is 4.90 Å². The molecule has 0 aromatic heterocycles. The van der Waals surface area contributed by atoms with Crippen LogP contribution in [0.1, 0.15) is 69.7 Å². The van der Waals surface area contributed by atoms with Gasteiger partial charge < -0.3 is 9.64 Å². The summed E-state index contributed by atoms with van der Waals surface area (Å²) in [6.07, 6.45) is 3.93. The number of allylic oxidation sites excluding steroid dienone is 1. The molecule has 1 saturated carbocycles. The minimum absolute atomic E-state index is 0.0884. The molecule has 0 radical (unpaired) electrons. The van der Waals surface area contributed by atoms with Crippen molar-refractivity contribution >= 4 is 44.8 Å². The third kappa shape index (κ3) is 6.54. The van der Waals surface area contributed by atoms with E-state index in [4.69, 9.17) is 27.9 Å². The first-order chi connectivity index (χ1) is 21.0. The molecule has 5 atom stereocenters. The fraction of sp³-hybridized carbons (Fsp3) is 0.382. The van der Waals surface area contributed by atoms with Crippen molar-refractivity contribution in [2.45, 2.75) is 75.5 Å². The van der Waals surface area contributed by atoms with Crippen LogP contribution in [0, 0.1) is 11.7 Å². The highest BCUT2D eigenvalue weighted by molar-refractivity contribution is 7.94. The Balaban J connectivity index is 1.59. The largest absolute Gasteiger partial charge is 0.357 e. The third-order valence-electron chi connectivity index (χ3n) is 8.71. The molecular formula is C34H37Cl2FN2O4S. The number of para-hydroxylation sites is 1. The highest BCUT2D eigenvalue weighted by Crippen LogP contribution is 2.52. The molecule has 3 aromatic carbocycles. The van der Waals surface area contributed by atoms with E-state index >= 15 is 0 Å². The SMILES string of the molecule is C/C=C/[C@@H](C)[C@H]1O[C@H](c2cccc(Cl)c2)[C@@H](c2ccc(Cl)cc2)N([C@@H](CC)CC2(S(=O)(=O)Nc3ccccc3F)CC2)C1=O. The Labute approximate surface area is 269 Å². The maximum absolute atomic E-state index is 14.5. The van der Waals surface area contributed by atoms with Gasteiger partial charge in [0.25, 0.3) is 5.91 Å². The number of sulfonamides is 1. The second kappa shape index (κ2) is 13.2. The monoisotopic (exact) mass is 658 g/mol. The van der Waals surface area contributed by atoms with Crippen LogP contribution in [0.4, 0.5) is 10.1 Å². The highest BCUT2D eigenvalue weighted by atomic mass is 35.5. The van der Waals surface area contributed by atoms with Crippen molar-refractivity contribution in [3.8, 4) is 0 Å². The Morgan fingerprint density at radius 3 is 2.36 bits per heavy atom. The van der Waals surface area contributed by atoms with E-state index in [1.165, 1.54) is 18.2 Å². The second-order valence-corrected chi connectivity index (χ2v) is 14.6. The van der Waals surface area contributed by atoms with Crippen molar-refractivity contribution in [3.05, 3.63) is 112 Å². The first-order valence-corrected chi connectivity index (χ1v) is 17.1. The summed E-state index contributed by atoms with van der Waals surface area (Å²) in [5.74, 6) is -1.10. The van der Waals surface area contributed by atoms with E-state index in [0.29, 0.717) is 29.3 Å². The van der Waals surface area contributed by atoms with E-state index in [2.05, 4.69) is 4.72 Å². The molecule has 0 spiro atoms. The normalized spacial score (nSPS) is 23.0. The summed E-state index contributed by atoms with van der Waals surface area (Å²) in [7, 11) is -3.99. The number of hydrogen-bond donors (Lipinski definition) is 1. The number of amides is 1. The van der Waals surface area contributed by atoms with E-state index in [1.807, 2.05) is 68.2 Å². The number of hydrogen-bond acceptors (Lipinski definition) is 4. The quantitative estimate of drug-likeness (QED) is 0.210. The van der Waals surface area contributed by atoms with Gasteiger partial charge in [-0.2, -0.15) is 0 Å². The van der Waals surface area contributed by atoms with Crippen LogP contribution in [0.5, 0.6) is 0 Å². The average Bonchev–Trinajstić information content (AvgIpc) is 3.79. The van der Waals surface area contributed by atoms with Crippen molar-refractivity contribution in [1.29, 1.82) is 0 Å². The highest BCUT2D eigenvalue weighted by Gasteiger charge is 2.58. The molecule has 2 fully saturated rings. The van der Waals surface area contributed by atoms with Crippen molar-refractivity contribution in [2.75, 3.05) is 4.72 Å². The molecule has 1 aliphatic heterocycles. The Kier molecular flexibility index (Phi) is 9.75. The molecule has 3 aromatic rings. The number of rotatable bonds is 11. The predicted octanol–water partition coefficient (Wildman–Crippen LogP) is 8.50. The van der Waals surface area contributed by atoms with Crippen LogP contribution in [0.2, 0.25) is 10.0 Å². The maximum atomic E-state index is 14.5. The average molecular weight is 660 g/mol. The number of nitrogens with one attached hydrogen (secondary N) is 1. The Hall–Kier alpha value is -2.91. The second-order valence-electron chi connectivity index (χ2n) is 11.7. The molecule has 2 aliphatic rings. The first kappa shape index (κ1) is 32.5. The molecule has 1 saturated heterocycles. The van der Waals surface area contributed by atoms with Gasteiger partial charge in [-0.05, 0) is 80.1 Å².